The fraction of sp³-hybridized carbons (Fsp3) is 0.388. The van der Waals surface area contributed by atoms with Crippen molar-refractivity contribution in [2.24, 2.45) is 11.3 Å². The van der Waals surface area contributed by atoms with Crippen LogP contribution in [0.3, 0.4) is 0 Å². The van der Waals surface area contributed by atoms with Crippen LogP contribution < -0.4 is 65.4 Å². The smallest absolute Gasteiger partial charge is 0.329 e. The molecule has 20 rings (SSSR count). The average Bonchev–Trinajstić information content (AvgIpc) is 1.69. The molecule has 590 valence electrons. The molecule has 115 heavy (non-hydrogen) atoms. The molecule has 0 radical (unpaired) electrons. The van der Waals surface area contributed by atoms with Gasteiger partial charge in [-0.1, -0.05) is 20.8 Å². The Hall–Kier alpha value is -12.6. The Kier molecular flexibility index (Phi) is 20.7. The van der Waals surface area contributed by atoms with Crippen LogP contribution in [0.4, 0.5) is 88.3 Å². The molecule has 8 amide bonds. The van der Waals surface area contributed by atoms with E-state index in [1.54, 1.807) is 54.3 Å². The van der Waals surface area contributed by atoms with Gasteiger partial charge in [-0.3, -0.25) is 60.1 Å². The molecular weight excluding hydrogens is 1450 g/mol. The summed E-state index contributed by atoms with van der Waals surface area (Å²) in [6.45, 7) is 26.3. The van der Waals surface area contributed by atoms with Crippen molar-refractivity contribution in [1.29, 1.82) is 0 Å². The third kappa shape index (κ3) is 16.1. The summed E-state index contributed by atoms with van der Waals surface area (Å²) in [5.41, 5.74) is 14.9. The zero-order chi connectivity index (χ0) is 79.2. The van der Waals surface area contributed by atoms with Crippen molar-refractivity contribution in [3.8, 4) is 33.8 Å². The van der Waals surface area contributed by atoms with Crippen molar-refractivity contribution in [2.75, 3.05) is 139 Å². The third-order valence-corrected chi connectivity index (χ3v) is 22.6. The van der Waals surface area contributed by atoms with E-state index >= 15 is 0 Å². The molecule has 8 bridgehead atoms. The quantitative estimate of drug-likeness (QED) is 0.104. The second-order valence-corrected chi connectivity index (χ2v) is 32.3. The molecule has 1 saturated carbocycles. The van der Waals surface area contributed by atoms with Crippen LogP contribution in [0.5, 0.6) is 0 Å². The van der Waals surface area contributed by atoms with Crippen molar-refractivity contribution in [3.05, 3.63) is 181 Å². The van der Waals surface area contributed by atoms with Gasteiger partial charge in [-0.2, -0.15) is 0 Å². The molecule has 9 aliphatic heterocycles. The third-order valence-electron chi connectivity index (χ3n) is 22.6. The van der Waals surface area contributed by atoms with E-state index in [0.29, 0.717) is 47.5 Å². The molecular formula is C85H95N25O5. The maximum Gasteiger partial charge on any atom is 0.329 e. The van der Waals surface area contributed by atoms with Gasteiger partial charge in [-0.25, -0.2) is 49.1 Å². The number of nitrogens with one attached hydrogen (secondary N) is 4. The Balaban J connectivity index is 0.000000111. The number of morpholine rings is 1. The lowest BCUT2D eigenvalue weighted by Crippen LogP contribution is -2.52. The van der Waals surface area contributed by atoms with Gasteiger partial charge in [0.25, 0.3) is 0 Å². The lowest BCUT2D eigenvalue weighted by atomic mass is 9.97. The first kappa shape index (κ1) is 75.1. The summed E-state index contributed by atoms with van der Waals surface area (Å²) in [6, 6.07) is 29.9. The van der Waals surface area contributed by atoms with Crippen LogP contribution in [0.25, 0.3) is 33.8 Å². The Morgan fingerprint density at radius 2 is 0.930 bits per heavy atom. The van der Waals surface area contributed by atoms with Gasteiger partial charge in [-0.15, -0.1) is 0 Å². The van der Waals surface area contributed by atoms with E-state index in [9.17, 15) is 19.2 Å². The van der Waals surface area contributed by atoms with Crippen molar-refractivity contribution in [3.63, 3.8) is 0 Å². The minimum absolute atomic E-state index is 0.0405. The minimum atomic E-state index is -0.232. The molecule has 6 fully saturated rings. The number of carbonyl (C=O) groups is 4. The summed E-state index contributed by atoms with van der Waals surface area (Å²) in [6.07, 6.45) is 23.3. The monoisotopic (exact) mass is 1550 g/mol. The van der Waals surface area contributed by atoms with Gasteiger partial charge < -0.3 is 39.9 Å². The van der Waals surface area contributed by atoms with Gasteiger partial charge in [-0.05, 0) is 181 Å². The zero-order valence-corrected chi connectivity index (χ0v) is 66.1. The van der Waals surface area contributed by atoms with Gasteiger partial charge in [0.05, 0.1) is 107 Å². The molecule has 1 unspecified atom stereocenters. The summed E-state index contributed by atoms with van der Waals surface area (Å²) in [4.78, 5) is 125. The molecule has 30 nitrogen and oxygen atoms in total. The number of hydrogen-bond acceptors (Lipinski definition) is 22. The van der Waals surface area contributed by atoms with Gasteiger partial charge >= 0.3 is 24.1 Å². The van der Waals surface area contributed by atoms with E-state index in [0.717, 1.165) is 200 Å². The van der Waals surface area contributed by atoms with E-state index in [2.05, 4.69) is 144 Å². The van der Waals surface area contributed by atoms with Crippen molar-refractivity contribution in [1.82, 2.24) is 65.1 Å². The van der Waals surface area contributed by atoms with E-state index in [4.69, 9.17) is 24.7 Å². The minimum Gasteiger partial charge on any atom is -0.374 e. The number of anilines is 12. The highest BCUT2D eigenvalue weighted by atomic mass is 16.5. The Morgan fingerprint density at radius 1 is 0.426 bits per heavy atom. The molecule has 30 heteroatoms. The van der Waals surface area contributed by atoms with Crippen LogP contribution in [0.2, 0.25) is 0 Å². The number of ether oxygens (including phenoxy) is 1. The molecule has 10 aromatic heterocycles. The summed E-state index contributed by atoms with van der Waals surface area (Å²) in [5.74, 6) is 5.37. The van der Waals surface area contributed by atoms with E-state index in [1.807, 2.05) is 116 Å². The predicted octanol–water partition coefficient (Wildman–Crippen LogP) is 12.7. The number of aromatic nitrogens is 12. The fourth-order valence-corrected chi connectivity index (χ4v) is 16.6. The standard InChI is InChI=1S/C22H22N6O.C21H25N7O2.C21H21N7O.C21H27N5O/c1-14-10-15(2)24-12-18(14)19-5-6-20-21(26-19)28(17-7-9-27(20)13-17)22(29)25-16-4-3-8-23-11-16;29-21(24-18-11-22-6-7-23-18)28-15-5-8-26(12-15)16-3-4-19(25-20(16)28)27-9-10-30-17(13-27)14-1-2-14;1-13-3-4-15(10-23-13)17-5-6-18-20(25-17)28(16-7-8-27(18)12-16)21(29)26-19-11-22-9-14(2)24-19;1-14-5-6-15(11-22-14)17-7-8-18-19(24-17)26(16-9-10-25(18)12-16)20(27)23-13-21(2,3)4/h3-6,8,10-12,17H,7,9,13H2,1-2H3,(H,25,29);3-4,6-7,11,14-15,17H,1-2,5,8-10,12-13H2,(H,23,24,29);3-6,9-11,16H,7-8,12H2,1-2H3,(H,24,26,29);5-8,11,16H,9-10,12-13H2,1-4H3,(H,23,27)/t17-;15-,17?;2*16-/m0000/s1. The number of aryl methyl sites for hydroxylation is 5. The highest BCUT2D eigenvalue weighted by Crippen LogP contribution is 2.46. The van der Waals surface area contributed by atoms with E-state index < -0.39 is 0 Å². The first-order chi connectivity index (χ1) is 55.8. The number of nitrogens with zero attached hydrogens (tertiary/aromatic N) is 21. The largest absolute Gasteiger partial charge is 0.374 e. The highest BCUT2D eigenvalue weighted by molar-refractivity contribution is 6.07. The number of carbonyl (C=O) groups excluding carboxylic acids is 4. The summed E-state index contributed by atoms with van der Waals surface area (Å²) in [7, 11) is 0. The summed E-state index contributed by atoms with van der Waals surface area (Å²) >= 11 is 0. The second kappa shape index (κ2) is 31.8. The van der Waals surface area contributed by atoms with Crippen LogP contribution in [-0.4, -0.2) is 193 Å². The molecule has 5 saturated heterocycles. The first-order valence-electron chi connectivity index (χ1n) is 39.8. The van der Waals surface area contributed by atoms with Crippen LogP contribution in [0, 0.1) is 46.0 Å². The molecule has 0 spiro atoms. The van der Waals surface area contributed by atoms with Crippen LogP contribution in [0.15, 0.2) is 153 Å². The van der Waals surface area contributed by atoms with Gasteiger partial charge in [0.15, 0.2) is 34.9 Å². The molecule has 5 atom stereocenters. The maximum absolute atomic E-state index is 13.2. The van der Waals surface area contributed by atoms with Crippen molar-refractivity contribution >= 4 is 93.3 Å². The molecule has 4 N–H and O–H groups in total. The topological polar surface area (TPSA) is 309 Å². The Labute approximate surface area is 668 Å². The lowest BCUT2D eigenvalue weighted by molar-refractivity contribution is 0.0261. The Bertz CT molecular complexity index is 5270. The van der Waals surface area contributed by atoms with Gasteiger partial charge in [0.1, 0.15) is 5.82 Å². The molecule has 10 aliphatic rings. The zero-order valence-electron chi connectivity index (χ0n) is 66.1. The predicted molar refractivity (Wildman–Crippen MR) is 446 cm³/mol. The second-order valence-electron chi connectivity index (χ2n) is 32.3. The Morgan fingerprint density at radius 3 is 1.43 bits per heavy atom. The van der Waals surface area contributed by atoms with Gasteiger partial charge in [0, 0.05) is 149 Å². The van der Waals surface area contributed by atoms with Gasteiger partial charge in [0.2, 0.25) is 0 Å². The van der Waals surface area contributed by atoms with E-state index in [-0.39, 0.29) is 53.7 Å². The molecule has 0 aromatic carbocycles. The number of pyridine rings is 8. The normalized spacial score (nSPS) is 19.6. The summed E-state index contributed by atoms with van der Waals surface area (Å²) < 4.78 is 5.97. The van der Waals surface area contributed by atoms with Crippen LogP contribution in [-0.2, 0) is 4.74 Å². The van der Waals surface area contributed by atoms with Crippen LogP contribution in [0.1, 0.15) is 87.6 Å². The van der Waals surface area contributed by atoms with E-state index in [1.165, 1.54) is 12.8 Å². The number of hydrogen-bond donors (Lipinski definition) is 4. The average molecular weight is 1550 g/mol. The number of amides is 8. The number of fused-ring (bicyclic) bond motifs is 16. The SMILES string of the molecule is Cc1cc(C)c(-c2ccc3c(n2)N(C(=O)Nc2cccnc2)[C@H]2CCN3C2)cn1.Cc1ccc(-c2ccc3c(n2)N(C(=O)NCC(C)(C)C)[C@H]2CCN3C2)cn1.Cc1ccc(-c2ccc3c(n2)N(C(=O)Nc2cncc(C)n2)[C@H]2CCN3C2)cn1.O=C(Nc1cnccn1)N1c2nc(N3CCOC(C4CC4)C3)ccc2N2CC[C@H]1C2. The number of urea groups is 4. The lowest BCUT2D eigenvalue weighted by Gasteiger charge is -2.38. The van der Waals surface area contributed by atoms with Crippen LogP contribution >= 0.6 is 0 Å². The first-order valence-corrected chi connectivity index (χ1v) is 39.8. The maximum atomic E-state index is 13.2. The molecule has 19 heterocycles. The number of rotatable bonds is 9. The highest BCUT2D eigenvalue weighted by Gasteiger charge is 2.46. The fourth-order valence-electron chi connectivity index (χ4n) is 16.6. The van der Waals surface area contributed by atoms with Crippen molar-refractivity contribution < 1.29 is 23.9 Å². The summed E-state index contributed by atoms with van der Waals surface area (Å²) in [5, 5.41) is 11.8. The molecule has 1 aliphatic carbocycles. The van der Waals surface area contributed by atoms with Crippen molar-refractivity contribution in [2.45, 2.75) is 124 Å². The molecule has 10 aromatic rings.